The Labute approximate surface area is 95.8 Å². The third-order valence-corrected chi connectivity index (χ3v) is 2.77. The van der Waals surface area contributed by atoms with Crippen LogP contribution in [0.1, 0.15) is 16.1 Å². The molecule has 2 aromatic heterocycles. The number of carbonyl (C=O) groups excluding carboxylic acids is 1. The second kappa shape index (κ2) is 3.47. The van der Waals surface area contributed by atoms with Gasteiger partial charge < -0.3 is 0 Å². The first-order chi connectivity index (χ1) is 7.02. The average molecular weight is 244 g/mol. The van der Waals surface area contributed by atoms with E-state index in [0.717, 1.165) is 5.69 Å². The number of fused-ring (bicyclic) bond motifs is 1. The number of aromatic nitrogens is 3. The van der Waals surface area contributed by atoms with Gasteiger partial charge in [0.25, 0.3) is 5.24 Å². The van der Waals surface area contributed by atoms with Crippen LogP contribution < -0.4 is 0 Å². The summed E-state index contributed by atoms with van der Waals surface area (Å²) >= 11 is 11.4. The van der Waals surface area contributed by atoms with Gasteiger partial charge in [-0.1, -0.05) is 11.6 Å². The van der Waals surface area contributed by atoms with Crippen LogP contribution in [0, 0.1) is 6.92 Å². The molecule has 0 atom stereocenters. The van der Waals surface area contributed by atoms with Crippen molar-refractivity contribution in [2.45, 2.75) is 6.92 Å². The van der Waals surface area contributed by atoms with Crippen LogP contribution in [0.3, 0.4) is 0 Å². The summed E-state index contributed by atoms with van der Waals surface area (Å²) in [6, 6.07) is 0. The van der Waals surface area contributed by atoms with Crippen LogP contribution in [0.4, 0.5) is 0 Å². The lowest BCUT2D eigenvalue weighted by Crippen LogP contribution is -1.95. The predicted octanol–water partition coefficient (Wildman–Crippen LogP) is 2.31. The smallest absolute Gasteiger partial charge is 0.255 e. The second-order valence-corrected chi connectivity index (χ2v) is 3.89. The zero-order valence-corrected chi connectivity index (χ0v) is 9.60. The fourth-order valence-corrected chi connectivity index (χ4v) is 2.05. The highest BCUT2D eigenvalue weighted by Gasteiger charge is 2.16. The monoisotopic (exact) mass is 243 g/mol. The van der Waals surface area contributed by atoms with Crippen molar-refractivity contribution < 1.29 is 4.79 Å². The van der Waals surface area contributed by atoms with Crippen LogP contribution in [0.5, 0.6) is 0 Å². The Balaban J connectivity index is 2.89. The quantitative estimate of drug-likeness (QED) is 0.723. The van der Waals surface area contributed by atoms with Crippen molar-refractivity contribution >= 4 is 39.5 Å². The molecule has 0 radical (unpaired) electrons. The largest absolute Gasteiger partial charge is 0.275 e. The summed E-state index contributed by atoms with van der Waals surface area (Å²) in [6.45, 7) is 1.80. The van der Waals surface area contributed by atoms with Crippen molar-refractivity contribution in [3.63, 3.8) is 0 Å². The van der Waals surface area contributed by atoms with E-state index in [1.807, 2.05) is 0 Å². The molecule has 4 nitrogen and oxygen atoms in total. The summed E-state index contributed by atoms with van der Waals surface area (Å²) in [6.07, 6.45) is 1.36. The van der Waals surface area contributed by atoms with Gasteiger partial charge in [-0.05, 0) is 18.5 Å². The molecule has 0 spiro atoms. The zero-order valence-electron chi connectivity index (χ0n) is 8.08. The summed E-state index contributed by atoms with van der Waals surface area (Å²) in [4.78, 5) is 15.1. The molecule has 15 heavy (non-hydrogen) atoms. The number of carbonyl (C=O) groups is 1. The van der Waals surface area contributed by atoms with Crippen molar-refractivity contribution in [3.8, 4) is 0 Å². The first-order valence-corrected chi connectivity index (χ1v) is 4.95. The van der Waals surface area contributed by atoms with Crippen LogP contribution in [0.25, 0.3) is 11.0 Å². The molecule has 0 N–H and O–H groups in total. The summed E-state index contributed by atoms with van der Waals surface area (Å²) in [7, 11) is 1.76. The molecule has 2 rings (SSSR count). The van der Waals surface area contributed by atoms with Gasteiger partial charge >= 0.3 is 0 Å². The minimum absolute atomic E-state index is 0.210. The third-order valence-electron chi connectivity index (χ3n) is 2.18. The number of nitrogens with zero attached hydrogens (tertiary/aromatic N) is 3. The van der Waals surface area contributed by atoms with Gasteiger partial charge in [0, 0.05) is 13.2 Å². The lowest BCUT2D eigenvalue weighted by molar-refractivity contribution is 0.108. The first kappa shape index (κ1) is 10.4. The summed E-state index contributed by atoms with van der Waals surface area (Å²) in [5.74, 6) is 0. The molecule has 0 aromatic carbocycles. The minimum Gasteiger partial charge on any atom is -0.275 e. The highest BCUT2D eigenvalue weighted by molar-refractivity contribution is 6.69. The average Bonchev–Trinajstić information content (AvgIpc) is 2.43. The minimum atomic E-state index is -0.613. The van der Waals surface area contributed by atoms with Crippen LogP contribution >= 0.6 is 23.2 Å². The number of pyridine rings is 1. The maximum Gasteiger partial charge on any atom is 0.255 e. The van der Waals surface area contributed by atoms with Gasteiger partial charge in [-0.2, -0.15) is 5.10 Å². The molecule has 0 amide bonds. The molecule has 0 fully saturated rings. The Bertz CT molecular complexity index is 562. The van der Waals surface area contributed by atoms with Crippen molar-refractivity contribution in [2.24, 2.45) is 7.05 Å². The molecule has 2 aromatic rings. The van der Waals surface area contributed by atoms with E-state index in [1.54, 1.807) is 18.7 Å². The third kappa shape index (κ3) is 1.50. The van der Waals surface area contributed by atoms with Gasteiger partial charge in [-0.3, -0.25) is 9.48 Å². The summed E-state index contributed by atoms with van der Waals surface area (Å²) in [5.41, 5.74) is 1.57. The number of rotatable bonds is 1. The lowest BCUT2D eigenvalue weighted by Gasteiger charge is -1.99. The fourth-order valence-electron chi connectivity index (χ4n) is 1.51. The Morgan fingerprint density at radius 1 is 1.53 bits per heavy atom. The molecule has 2 heterocycles. The predicted molar refractivity (Wildman–Crippen MR) is 58.4 cm³/mol. The van der Waals surface area contributed by atoms with E-state index in [4.69, 9.17) is 23.2 Å². The van der Waals surface area contributed by atoms with Crippen molar-refractivity contribution in [2.75, 3.05) is 0 Å². The molecular formula is C9H7Cl2N3O. The normalized spacial score (nSPS) is 10.9. The van der Waals surface area contributed by atoms with Crippen LogP contribution in [0.15, 0.2) is 6.20 Å². The molecule has 0 bridgehead atoms. The number of hydrogen-bond donors (Lipinski definition) is 0. The first-order valence-electron chi connectivity index (χ1n) is 4.20. The molecule has 6 heteroatoms. The lowest BCUT2D eigenvalue weighted by atomic mass is 10.2. The van der Waals surface area contributed by atoms with Gasteiger partial charge in [0.15, 0.2) is 5.65 Å². The number of aryl methyl sites for hydroxylation is 2. The van der Waals surface area contributed by atoms with Crippen molar-refractivity contribution in [3.05, 3.63) is 22.5 Å². The zero-order chi connectivity index (χ0) is 11.2. The van der Waals surface area contributed by atoms with Gasteiger partial charge in [0.1, 0.15) is 0 Å². The molecule has 0 aliphatic rings. The molecule has 0 unspecified atom stereocenters. The van der Waals surface area contributed by atoms with E-state index < -0.39 is 5.24 Å². The standard InChI is InChI=1S/C9H7Cl2N3O/c1-4-6-7(10)5(8(11)15)3-12-9(6)14(2)13-4/h3H,1-2H3. The molecule has 0 saturated heterocycles. The van der Waals surface area contributed by atoms with Gasteiger partial charge in [-0.25, -0.2) is 4.98 Å². The number of halogens is 2. The molecule has 78 valence electrons. The molecule has 0 aliphatic carbocycles. The van der Waals surface area contributed by atoms with Crippen LogP contribution in [0.2, 0.25) is 5.02 Å². The van der Waals surface area contributed by atoms with Gasteiger partial charge in [-0.15, -0.1) is 0 Å². The van der Waals surface area contributed by atoms with E-state index >= 15 is 0 Å². The van der Waals surface area contributed by atoms with Crippen molar-refractivity contribution in [1.29, 1.82) is 0 Å². The highest BCUT2D eigenvalue weighted by atomic mass is 35.5. The Hall–Kier alpha value is -1.13. The van der Waals surface area contributed by atoms with Gasteiger partial charge in [0.2, 0.25) is 0 Å². The molecular weight excluding hydrogens is 237 g/mol. The Kier molecular flexibility index (Phi) is 2.40. The summed E-state index contributed by atoms with van der Waals surface area (Å²) < 4.78 is 1.61. The number of hydrogen-bond acceptors (Lipinski definition) is 3. The SMILES string of the molecule is Cc1nn(C)c2ncc(C(=O)Cl)c(Cl)c12. The fraction of sp³-hybridized carbons (Fsp3) is 0.222. The van der Waals surface area contributed by atoms with E-state index in [2.05, 4.69) is 10.1 Å². The highest BCUT2D eigenvalue weighted by Crippen LogP contribution is 2.28. The van der Waals surface area contributed by atoms with E-state index in [0.29, 0.717) is 16.1 Å². The maximum atomic E-state index is 11.0. The second-order valence-electron chi connectivity index (χ2n) is 3.17. The Morgan fingerprint density at radius 3 is 2.80 bits per heavy atom. The Morgan fingerprint density at radius 2 is 2.20 bits per heavy atom. The van der Waals surface area contributed by atoms with Crippen LogP contribution in [-0.4, -0.2) is 20.0 Å². The topological polar surface area (TPSA) is 47.8 Å². The van der Waals surface area contributed by atoms with E-state index in [-0.39, 0.29) is 5.56 Å². The summed E-state index contributed by atoms with van der Waals surface area (Å²) in [5, 5.41) is 4.54. The van der Waals surface area contributed by atoms with Gasteiger partial charge in [0.05, 0.1) is 21.7 Å². The van der Waals surface area contributed by atoms with Crippen molar-refractivity contribution in [1.82, 2.24) is 14.8 Å². The maximum absolute atomic E-state index is 11.0. The molecule has 0 aliphatic heterocycles. The molecule has 0 saturated carbocycles. The van der Waals surface area contributed by atoms with E-state index in [1.165, 1.54) is 6.20 Å². The van der Waals surface area contributed by atoms with Crippen LogP contribution in [-0.2, 0) is 7.05 Å². The van der Waals surface area contributed by atoms with E-state index in [9.17, 15) is 4.79 Å².